The van der Waals surface area contributed by atoms with Gasteiger partial charge in [0.1, 0.15) is 11.8 Å². The predicted molar refractivity (Wildman–Crippen MR) is 138 cm³/mol. The van der Waals surface area contributed by atoms with Crippen LogP contribution >= 0.6 is 0 Å². The second-order valence-electron chi connectivity index (χ2n) is 8.31. The lowest BCUT2D eigenvalue weighted by molar-refractivity contribution is -0.125. The molecule has 0 spiro atoms. The lowest BCUT2D eigenvalue weighted by Gasteiger charge is -2.38. The molecule has 37 heavy (non-hydrogen) atoms. The SMILES string of the molecule is C/C(=N/NC(=O)[C@H]1CN(S(=O)(=O)c2ccccc2)CCN1S(=O)(=O)c1ccccc1)c1ccccc1O. The van der Waals surface area contributed by atoms with Crippen molar-refractivity contribution in [2.24, 2.45) is 5.10 Å². The number of aromatic hydroxyl groups is 1. The summed E-state index contributed by atoms with van der Waals surface area (Å²) >= 11 is 0. The molecule has 0 aromatic heterocycles. The second kappa shape index (κ2) is 10.8. The van der Waals surface area contributed by atoms with E-state index in [9.17, 15) is 26.7 Å². The number of carbonyl (C=O) groups excluding carboxylic acids is 1. The normalized spacial score (nSPS) is 17.9. The van der Waals surface area contributed by atoms with Crippen LogP contribution in [0.25, 0.3) is 0 Å². The number of nitrogens with zero attached hydrogens (tertiary/aromatic N) is 3. The first-order valence-electron chi connectivity index (χ1n) is 11.4. The highest BCUT2D eigenvalue weighted by atomic mass is 32.2. The molecule has 0 radical (unpaired) electrons. The Morgan fingerprint density at radius 3 is 1.97 bits per heavy atom. The Hall–Kier alpha value is -3.58. The molecular formula is C25H26N4O6S2. The van der Waals surface area contributed by atoms with Crippen molar-refractivity contribution in [3.63, 3.8) is 0 Å². The van der Waals surface area contributed by atoms with E-state index < -0.39 is 38.5 Å². The van der Waals surface area contributed by atoms with Crippen LogP contribution in [0.4, 0.5) is 0 Å². The molecule has 2 N–H and O–H groups in total. The molecule has 0 aliphatic carbocycles. The van der Waals surface area contributed by atoms with Crippen molar-refractivity contribution < 1.29 is 26.7 Å². The molecule has 0 unspecified atom stereocenters. The number of carbonyl (C=O) groups is 1. The summed E-state index contributed by atoms with van der Waals surface area (Å²) in [6, 6.07) is 20.4. The molecule has 1 amide bonds. The highest BCUT2D eigenvalue weighted by molar-refractivity contribution is 7.89. The van der Waals surface area contributed by atoms with E-state index in [1.54, 1.807) is 61.5 Å². The quantitative estimate of drug-likeness (QED) is 0.346. The summed E-state index contributed by atoms with van der Waals surface area (Å²) in [7, 11) is -8.10. The Labute approximate surface area is 216 Å². The van der Waals surface area contributed by atoms with Gasteiger partial charge in [0, 0.05) is 25.2 Å². The predicted octanol–water partition coefficient (Wildman–Crippen LogP) is 2.00. The maximum Gasteiger partial charge on any atom is 0.259 e. The Balaban J connectivity index is 1.66. The number of piperazine rings is 1. The van der Waals surface area contributed by atoms with Crippen LogP contribution < -0.4 is 5.43 Å². The van der Waals surface area contributed by atoms with Gasteiger partial charge in [-0.15, -0.1) is 0 Å². The number of benzene rings is 3. The minimum absolute atomic E-state index is 0.0129. The van der Waals surface area contributed by atoms with Gasteiger partial charge in [0.25, 0.3) is 5.91 Å². The fourth-order valence-electron chi connectivity index (χ4n) is 3.98. The van der Waals surface area contributed by atoms with Crippen molar-refractivity contribution in [2.75, 3.05) is 19.6 Å². The first-order valence-corrected chi connectivity index (χ1v) is 14.2. The molecular weight excluding hydrogens is 516 g/mol. The summed E-state index contributed by atoms with van der Waals surface area (Å²) in [5.41, 5.74) is 3.02. The van der Waals surface area contributed by atoms with E-state index in [2.05, 4.69) is 10.5 Å². The summed E-state index contributed by atoms with van der Waals surface area (Å²) in [6.45, 7) is 0.804. The minimum Gasteiger partial charge on any atom is -0.507 e. The van der Waals surface area contributed by atoms with Gasteiger partial charge in [-0.25, -0.2) is 22.3 Å². The summed E-state index contributed by atoms with van der Waals surface area (Å²) in [5.74, 6) is -0.841. The lowest BCUT2D eigenvalue weighted by Crippen LogP contribution is -2.60. The number of para-hydroxylation sites is 1. The fourth-order valence-corrected chi connectivity index (χ4v) is 7.03. The molecule has 10 nitrogen and oxygen atoms in total. The van der Waals surface area contributed by atoms with Gasteiger partial charge in [0.15, 0.2) is 0 Å². The van der Waals surface area contributed by atoms with Gasteiger partial charge in [-0.1, -0.05) is 48.5 Å². The molecule has 3 aromatic carbocycles. The Morgan fingerprint density at radius 2 is 1.38 bits per heavy atom. The zero-order chi connectivity index (χ0) is 26.6. The number of rotatable bonds is 7. The first kappa shape index (κ1) is 26.5. The van der Waals surface area contributed by atoms with Crippen molar-refractivity contribution >= 4 is 31.7 Å². The number of phenolic OH excluding ortho intramolecular Hbond substituents is 1. The average molecular weight is 543 g/mol. The largest absolute Gasteiger partial charge is 0.507 e. The molecule has 12 heteroatoms. The van der Waals surface area contributed by atoms with Crippen molar-refractivity contribution in [2.45, 2.75) is 22.8 Å². The molecule has 1 fully saturated rings. The number of sulfonamides is 2. The smallest absolute Gasteiger partial charge is 0.259 e. The molecule has 1 aliphatic rings. The van der Waals surface area contributed by atoms with E-state index in [-0.39, 0.29) is 34.3 Å². The Morgan fingerprint density at radius 1 is 0.838 bits per heavy atom. The molecule has 1 saturated heterocycles. The van der Waals surface area contributed by atoms with Crippen LogP contribution in [-0.2, 0) is 24.8 Å². The number of amides is 1. The first-order chi connectivity index (χ1) is 17.6. The van der Waals surface area contributed by atoms with Crippen molar-refractivity contribution in [3.8, 4) is 5.75 Å². The van der Waals surface area contributed by atoms with E-state index in [0.29, 0.717) is 5.56 Å². The van der Waals surface area contributed by atoms with Crippen LogP contribution in [0.5, 0.6) is 5.75 Å². The number of nitrogens with one attached hydrogen (secondary N) is 1. The summed E-state index contributed by atoms with van der Waals surface area (Å²) in [4.78, 5) is 13.3. The van der Waals surface area contributed by atoms with Crippen molar-refractivity contribution in [1.29, 1.82) is 0 Å². The monoisotopic (exact) mass is 542 g/mol. The van der Waals surface area contributed by atoms with Gasteiger partial charge in [0.2, 0.25) is 20.0 Å². The maximum atomic E-state index is 13.4. The standard InChI is InChI=1S/C25H26N4O6S2/c1-19(22-14-8-9-15-24(22)30)26-27-25(31)23-18-28(36(32,33)20-10-4-2-5-11-20)16-17-29(23)37(34,35)21-12-6-3-7-13-21/h2-15,23,30H,16-18H2,1H3,(H,27,31)/b26-19-/t23-/m1/s1. The third-order valence-corrected chi connectivity index (χ3v) is 9.76. The highest BCUT2D eigenvalue weighted by Crippen LogP contribution is 2.25. The molecule has 1 heterocycles. The highest BCUT2D eigenvalue weighted by Gasteiger charge is 2.43. The van der Waals surface area contributed by atoms with Crippen LogP contribution in [0.1, 0.15) is 12.5 Å². The number of hydrogen-bond donors (Lipinski definition) is 2. The number of phenols is 1. The molecule has 0 bridgehead atoms. The van der Waals surface area contributed by atoms with Crippen LogP contribution in [0, 0.1) is 0 Å². The van der Waals surface area contributed by atoms with Crippen LogP contribution in [0.2, 0.25) is 0 Å². The molecule has 4 rings (SSSR count). The summed E-state index contributed by atoms with van der Waals surface area (Å²) in [6.07, 6.45) is 0. The summed E-state index contributed by atoms with van der Waals surface area (Å²) < 4.78 is 55.5. The third kappa shape index (κ3) is 5.57. The molecule has 194 valence electrons. The number of hydrazone groups is 1. The lowest BCUT2D eigenvalue weighted by atomic mass is 10.1. The molecule has 3 aromatic rings. The van der Waals surface area contributed by atoms with Gasteiger partial charge in [0.05, 0.1) is 15.5 Å². The van der Waals surface area contributed by atoms with Crippen LogP contribution in [-0.4, -0.2) is 67.8 Å². The van der Waals surface area contributed by atoms with Gasteiger partial charge >= 0.3 is 0 Å². The minimum atomic E-state index is -4.12. The van der Waals surface area contributed by atoms with E-state index in [1.165, 1.54) is 30.3 Å². The van der Waals surface area contributed by atoms with Crippen molar-refractivity contribution in [1.82, 2.24) is 14.0 Å². The Bertz CT molecular complexity index is 1510. The topological polar surface area (TPSA) is 136 Å². The average Bonchev–Trinajstić information content (AvgIpc) is 2.92. The van der Waals surface area contributed by atoms with Gasteiger partial charge in [-0.3, -0.25) is 4.79 Å². The van der Waals surface area contributed by atoms with Crippen molar-refractivity contribution in [3.05, 3.63) is 90.5 Å². The number of hydrogen-bond acceptors (Lipinski definition) is 7. The van der Waals surface area contributed by atoms with Crippen LogP contribution in [0.3, 0.4) is 0 Å². The third-order valence-electron chi connectivity index (χ3n) is 5.96. The molecule has 1 atom stereocenters. The zero-order valence-corrected chi connectivity index (χ0v) is 21.6. The van der Waals surface area contributed by atoms with Gasteiger partial charge in [-0.05, 0) is 43.3 Å². The van der Waals surface area contributed by atoms with E-state index in [1.807, 2.05) is 0 Å². The zero-order valence-electron chi connectivity index (χ0n) is 19.9. The summed E-state index contributed by atoms with van der Waals surface area (Å²) in [5, 5.41) is 14.1. The van der Waals surface area contributed by atoms with Gasteiger partial charge in [-0.2, -0.15) is 13.7 Å². The Kier molecular flexibility index (Phi) is 7.73. The molecule has 0 saturated carbocycles. The van der Waals surface area contributed by atoms with Gasteiger partial charge < -0.3 is 5.11 Å². The molecule has 1 aliphatic heterocycles. The maximum absolute atomic E-state index is 13.4. The fraction of sp³-hybridized carbons (Fsp3) is 0.200. The van der Waals surface area contributed by atoms with Crippen LogP contribution in [0.15, 0.2) is 99.8 Å². The van der Waals surface area contributed by atoms with E-state index >= 15 is 0 Å². The second-order valence-corrected chi connectivity index (χ2v) is 12.1. The van der Waals surface area contributed by atoms with E-state index in [4.69, 9.17) is 0 Å². The van der Waals surface area contributed by atoms with E-state index in [0.717, 1.165) is 8.61 Å².